The topological polar surface area (TPSA) is 38.3 Å². The first kappa shape index (κ1) is 10.5. The third-order valence-corrected chi connectivity index (χ3v) is 3.27. The molecule has 1 aromatic carbocycles. The van der Waals surface area contributed by atoms with Gasteiger partial charge in [-0.1, -0.05) is 0 Å². The number of hydrogen-bond donors (Lipinski definition) is 1. The lowest BCUT2D eigenvalue weighted by Gasteiger charge is -2.02. The van der Waals surface area contributed by atoms with Crippen molar-refractivity contribution >= 4 is 17.7 Å². The number of amides is 1. The van der Waals surface area contributed by atoms with Crippen LogP contribution in [0.4, 0.5) is 0 Å². The second-order valence-corrected chi connectivity index (χ2v) is 4.51. The summed E-state index contributed by atoms with van der Waals surface area (Å²) in [5, 5.41) is 2.81. The van der Waals surface area contributed by atoms with Crippen LogP contribution in [0.25, 0.3) is 0 Å². The van der Waals surface area contributed by atoms with Crippen molar-refractivity contribution < 1.29 is 9.53 Å². The van der Waals surface area contributed by atoms with E-state index in [9.17, 15) is 4.79 Å². The van der Waals surface area contributed by atoms with Gasteiger partial charge >= 0.3 is 0 Å². The quantitative estimate of drug-likeness (QED) is 0.623. The van der Waals surface area contributed by atoms with Crippen LogP contribution in [0.3, 0.4) is 0 Å². The zero-order valence-corrected chi connectivity index (χ0v) is 9.39. The number of carbonyl (C=O) groups is 1. The molecule has 2 rings (SSSR count). The Bertz CT molecular complexity index is 379. The lowest BCUT2D eigenvalue weighted by atomic mass is 10.1. The smallest absolute Gasteiger partial charge is 0.251 e. The molecule has 0 spiro atoms. The lowest BCUT2D eigenvalue weighted by molar-refractivity contribution is 0.0966. The molecule has 0 atom stereocenters. The highest BCUT2D eigenvalue weighted by atomic mass is 32.2. The second kappa shape index (κ2) is 4.68. The number of rotatable bonds is 4. The lowest BCUT2D eigenvalue weighted by Crippen LogP contribution is -2.12. The van der Waals surface area contributed by atoms with Crippen molar-refractivity contribution in [3.63, 3.8) is 0 Å². The summed E-state index contributed by atoms with van der Waals surface area (Å²) in [6.45, 7) is 1.41. The highest BCUT2D eigenvalue weighted by Crippen LogP contribution is 2.24. The highest BCUT2D eigenvalue weighted by Gasteiger charge is 2.18. The summed E-state index contributed by atoms with van der Waals surface area (Å²) in [6.07, 6.45) is 0. The normalized spacial score (nSPS) is 13.8. The summed E-state index contributed by atoms with van der Waals surface area (Å²) >= 11 is 1.75. The maximum Gasteiger partial charge on any atom is 0.251 e. The number of carbonyl (C=O) groups excluding carboxylic acids is 1. The summed E-state index contributed by atoms with van der Waals surface area (Å²) in [5.41, 5.74) is 1.91. The number of ether oxygens (including phenoxy) is 1. The van der Waals surface area contributed by atoms with E-state index in [1.54, 1.807) is 18.9 Å². The first-order chi connectivity index (χ1) is 7.31. The minimum atomic E-state index is 0.0402. The van der Waals surface area contributed by atoms with Gasteiger partial charge in [0.05, 0.1) is 6.61 Å². The minimum Gasteiger partial charge on any atom is -0.384 e. The van der Waals surface area contributed by atoms with Gasteiger partial charge in [-0.15, -0.1) is 11.8 Å². The van der Waals surface area contributed by atoms with E-state index in [-0.39, 0.29) is 5.91 Å². The van der Waals surface area contributed by atoms with E-state index in [1.807, 2.05) is 12.1 Å². The van der Waals surface area contributed by atoms with Crippen LogP contribution >= 0.6 is 11.8 Å². The molecule has 15 heavy (non-hydrogen) atoms. The monoisotopic (exact) mass is 223 g/mol. The number of nitrogens with one attached hydrogen (secondary N) is 1. The fourth-order valence-corrected chi connectivity index (χ4v) is 2.42. The number of hydrogen-bond acceptors (Lipinski definition) is 3. The fraction of sp³-hybridized carbons (Fsp3) is 0.364. The molecule has 0 fully saturated rings. The Balaban J connectivity index is 2.06. The van der Waals surface area contributed by atoms with Crippen molar-refractivity contribution in [2.45, 2.75) is 11.4 Å². The van der Waals surface area contributed by atoms with Gasteiger partial charge < -0.3 is 10.1 Å². The number of benzene rings is 1. The molecule has 1 heterocycles. The summed E-state index contributed by atoms with van der Waals surface area (Å²) in [4.78, 5) is 12.5. The molecular weight excluding hydrogens is 210 g/mol. The maximum absolute atomic E-state index is 11.3. The van der Waals surface area contributed by atoms with E-state index in [2.05, 4.69) is 11.4 Å². The van der Waals surface area contributed by atoms with E-state index in [0.717, 1.165) is 23.5 Å². The average molecular weight is 223 g/mol. The Hall–Kier alpha value is -1.00. The van der Waals surface area contributed by atoms with Gasteiger partial charge in [-0.05, 0) is 23.8 Å². The first-order valence-corrected chi connectivity index (χ1v) is 5.82. The van der Waals surface area contributed by atoms with E-state index in [0.29, 0.717) is 6.54 Å². The van der Waals surface area contributed by atoms with Crippen molar-refractivity contribution in [3.8, 4) is 0 Å². The van der Waals surface area contributed by atoms with E-state index >= 15 is 0 Å². The summed E-state index contributed by atoms with van der Waals surface area (Å²) in [6, 6.07) is 5.96. The van der Waals surface area contributed by atoms with Gasteiger partial charge in [-0.3, -0.25) is 4.79 Å². The van der Waals surface area contributed by atoms with Crippen LogP contribution in [0.5, 0.6) is 0 Å². The third kappa shape index (κ3) is 2.33. The van der Waals surface area contributed by atoms with Crippen LogP contribution in [-0.2, 0) is 11.3 Å². The Kier molecular flexibility index (Phi) is 3.28. The van der Waals surface area contributed by atoms with Gasteiger partial charge in [0.2, 0.25) is 0 Å². The number of fused-ring (bicyclic) bond motifs is 1. The van der Waals surface area contributed by atoms with Crippen molar-refractivity contribution in [1.29, 1.82) is 0 Å². The molecule has 1 aliphatic heterocycles. The molecule has 0 aliphatic carbocycles. The number of methoxy groups -OCH3 is 1. The fourth-order valence-electron chi connectivity index (χ4n) is 1.54. The van der Waals surface area contributed by atoms with Crippen molar-refractivity contribution in [3.05, 3.63) is 29.3 Å². The summed E-state index contributed by atoms with van der Waals surface area (Å²) in [7, 11) is 1.70. The van der Waals surface area contributed by atoms with Crippen LogP contribution in [-0.4, -0.2) is 25.4 Å². The molecule has 0 saturated heterocycles. The second-order valence-electron chi connectivity index (χ2n) is 3.34. The largest absolute Gasteiger partial charge is 0.384 e. The molecular formula is C11H13NO2S. The third-order valence-electron chi connectivity index (χ3n) is 2.32. The van der Waals surface area contributed by atoms with E-state index < -0.39 is 0 Å². The van der Waals surface area contributed by atoms with Crippen molar-refractivity contribution in [2.24, 2.45) is 0 Å². The molecule has 0 bridgehead atoms. The molecule has 1 aromatic rings. The predicted octanol–water partition coefficient (Wildman–Crippen LogP) is 1.67. The first-order valence-electron chi connectivity index (χ1n) is 4.84. The molecule has 1 amide bonds. The Labute approximate surface area is 93.2 Å². The van der Waals surface area contributed by atoms with Crippen molar-refractivity contribution in [2.75, 3.05) is 19.5 Å². The molecule has 0 saturated carbocycles. The Morgan fingerprint density at radius 2 is 2.40 bits per heavy atom. The van der Waals surface area contributed by atoms with Gasteiger partial charge in [0.25, 0.3) is 5.91 Å². The SMILES string of the molecule is COCCSc1ccc2c(c1)CNC2=O. The van der Waals surface area contributed by atoms with Crippen LogP contribution in [0.15, 0.2) is 23.1 Å². The molecule has 4 heteroatoms. The van der Waals surface area contributed by atoms with Crippen LogP contribution < -0.4 is 5.32 Å². The molecule has 3 nitrogen and oxygen atoms in total. The molecule has 0 radical (unpaired) electrons. The molecule has 0 aromatic heterocycles. The Morgan fingerprint density at radius 3 is 3.20 bits per heavy atom. The maximum atomic E-state index is 11.3. The van der Waals surface area contributed by atoms with Crippen molar-refractivity contribution in [1.82, 2.24) is 5.32 Å². The highest BCUT2D eigenvalue weighted by molar-refractivity contribution is 7.99. The average Bonchev–Trinajstić information content (AvgIpc) is 2.61. The zero-order valence-electron chi connectivity index (χ0n) is 8.58. The van der Waals surface area contributed by atoms with Gasteiger partial charge in [0.1, 0.15) is 0 Å². The van der Waals surface area contributed by atoms with Crippen LogP contribution in [0.2, 0.25) is 0 Å². The van der Waals surface area contributed by atoms with Gasteiger partial charge in [0.15, 0.2) is 0 Å². The van der Waals surface area contributed by atoms with Gasteiger partial charge in [-0.2, -0.15) is 0 Å². The van der Waals surface area contributed by atoms with Crippen LogP contribution in [0, 0.1) is 0 Å². The summed E-state index contributed by atoms with van der Waals surface area (Å²) < 4.78 is 4.99. The predicted molar refractivity (Wildman–Crippen MR) is 60.2 cm³/mol. The van der Waals surface area contributed by atoms with Gasteiger partial charge in [-0.25, -0.2) is 0 Å². The number of thioether (sulfide) groups is 1. The van der Waals surface area contributed by atoms with E-state index in [4.69, 9.17) is 4.74 Å². The molecule has 1 aliphatic rings. The van der Waals surface area contributed by atoms with E-state index in [1.165, 1.54) is 4.90 Å². The van der Waals surface area contributed by atoms with Crippen LogP contribution in [0.1, 0.15) is 15.9 Å². The Morgan fingerprint density at radius 1 is 1.53 bits per heavy atom. The standard InChI is InChI=1S/C11H13NO2S/c1-14-4-5-15-9-2-3-10-8(6-9)7-12-11(10)13/h2-3,6H,4-5,7H2,1H3,(H,12,13). The molecule has 0 unspecified atom stereocenters. The van der Waals surface area contributed by atoms with Gasteiger partial charge in [0, 0.05) is 29.9 Å². The summed E-state index contributed by atoms with van der Waals surface area (Å²) in [5.74, 6) is 0.981. The molecule has 80 valence electrons. The molecule has 1 N–H and O–H groups in total. The minimum absolute atomic E-state index is 0.0402. The zero-order chi connectivity index (χ0) is 10.7.